The molecule has 0 aliphatic carbocycles. The summed E-state index contributed by atoms with van der Waals surface area (Å²) >= 11 is 0. The normalized spacial score (nSPS) is 15.5. The van der Waals surface area contributed by atoms with E-state index in [1.54, 1.807) is 0 Å². The van der Waals surface area contributed by atoms with Crippen molar-refractivity contribution in [2.24, 2.45) is 5.92 Å². The zero-order valence-electron chi connectivity index (χ0n) is 15.6. The summed E-state index contributed by atoms with van der Waals surface area (Å²) in [5.74, 6) is -1.77. The molecule has 1 heterocycles. The lowest BCUT2D eigenvalue weighted by Gasteiger charge is -2.28. The van der Waals surface area contributed by atoms with Gasteiger partial charge in [-0.3, -0.25) is 14.4 Å². The molecule has 6 heteroatoms. The smallest absolute Gasteiger partial charge is 0.303 e. The molecule has 0 saturated carbocycles. The first kappa shape index (κ1) is 21.8. The molecule has 1 atom stereocenters. The average Bonchev–Trinajstić information content (AvgIpc) is 2.61. The lowest BCUT2D eigenvalue weighted by Crippen LogP contribution is -2.35. The molecular formula is C20H29NO5. The maximum absolute atomic E-state index is 12.3. The molecule has 1 fully saturated rings. The highest BCUT2D eigenvalue weighted by Crippen LogP contribution is 2.15. The molecule has 0 unspecified atom stereocenters. The largest absolute Gasteiger partial charge is 0.481 e. The Labute approximate surface area is 154 Å². The maximum Gasteiger partial charge on any atom is 0.303 e. The molecule has 1 aliphatic heterocycles. The van der Waals surface area contributed by atoms with Crippen molar-refractivity contribution >= 4 is 17.7 Å². The number of rotatable bonds is 7. The molecule has 144 valence electrons. The minimum absolute atomic E-state index is 0.103. The summed E-state index contributed by atoms with van der Waals surface area (Å²) in [6, 6.07) is 7.93. The molecule has 2 rings (SSSR count). The third-order valence-electron chi connectivity index (χ3n) is 4.32. The van der Waals surface area contributed by atoms with E-state index in [1.807, 2.05) is 31.2 Å². The van der Waals surface area contributed by atoms with E-state index >= 15 is 0 Å². The van der Waals surface area contributed by atoms with Gasteiger partial charge in [0.05, 0.1) is 12.8 Å². The Morgan fingerprint density at radius 2 is 1.46 bits per heavy atom. The van der Waals surface area contributed by atoms with E-state index in [-0.39, 0.29) is 24.5 Å². The Hall–Kier alpha value is -2.21. The fraction of sp³-hybridized carbons (Fsp3) is 0.550. The van der Waals surface area contributed by atoms with Crippen molar-refractivity contribution in [2.45, 2.75) is 46.0 Å². The van der Waals surface area contributed by atoms with Crippen LogP contribution in [0.15, 0.2) is 24.3 Å². The van der Waals surface area contributed by atoms with Gasteiger partial charge in [-0.1, -0.05) is 43.2 Å². The predicted molar refractivity (Wildman–Crippen MR) is 99.5 cm³/mol. The fourth-order valence-electron chi connectivity index (χ4n) is 2.83. The lowest BCUT2D eigenvalue weighted by atomic mass is 9.97. The van der Waals surface area contributed by atoms with Gasteiger partial charge in [-0.15, -0.1) is 0 Å². The van der Waals surface area contributed by atoms with Gasteiger partial charge >= 0.3 is 11.9 Å². The summed E-state index contributed by atoms with van der Waals surface area (Å²) in [5.41, 5.74) is 2.06. The number of piperidine rings is 1. The van der Waals surface area contributed by atoms with E-state index in [0.29, 0.717) is 0 Å². The number of aliphatic carboxylic acids is 2. The van der Waals surface area contributed by atoms with E-state index in [4.69, 9.17) is 10.2 Å². The number of carbonyl (C=O) groups is 3. The van der Waals surface area contributed by atoms with Crippen molar-refractivity contribution in [1.29, 1.82) is 0 Å². The molecule has 1 saturated heterocycles. The van der Waals surface area contributed by atoms with Crippen molar-refractivity contribution in [2.75, 3.05) is 19.6 Å². The number of carboxylic acid groups (broad SMARTS) is 2. The molecule has 1 aromatic carbocycles. The molecule has 0 amide bonds. The van der Waals surface area contributed by atoms with E-state index in [0.717, 1.165) is 25.2 Å². The SMILES string of the molecule is Cc1ccc(C(=O)[C@@H](C)CN2CCCCC2)cc1.O=C(O)CCC(=O)O. The third kappa shape index (κ3) is 8.76. The van der Waals surface area contributed by atoms with Gasteiger partial charge in [-0.25, -0.2) is 0 Å². The van der Waals surface area contributed by atoms with Gasteiger partial charge in [0, 0.05) is 18.0 Å². The minimum Gasteiger partial charge on any atom is -0.481 e. The van der Waals surface area contributed by atoms with Crippen molar-refractivity contribution in [3.8, 4) is 0 Å². The minimum atomic E-state index is -1.08. The number of carboxylic acids is 2. The van der Waals surface area contributed by atoms with Crippen LogP contribution >= 0.6 is 0 Å². The highest BCUT2D eigenvalue weighted by molar-refractivity contribution is 5.97. The highest BCUT2D eigenvalue weighted by Gasteiger charge is 2.19. The van der Waals surface area contributed by atoms with Crippen LogP contribution in [-0.2, 0) is 9.59 Å². The molecule has 1 aromatic rings. The molecule has 1 aliphatic rings. The van der Waals surface area contributed by atoms with Crippen molar-refractivity contribution in [3.05, 3.63) is 35.4 Å². The van der Waals surface area contributed by atoms with Crippen LogP contribution in [0.3, 0.4) is 0 Å². The standard InChI is InChI=1S/C16H23NO.C4H6O4/c1-13-6-8-15(9-7-13)16(18)14(2)12-17-10-4-3-5-11-17;5-3(6)1-2-4(7)8/h6-9,14H,3-5,10-12H2,1-2H3;1-2H2,(H,5,6)(H,7,8)/t14-;/m0./s1. The Morgan fingerprint density at radius 1 is 0.962 bits per heavy atom. The van der Waals surface area contributed by atoms with Crippen LogP contribution in [0, 0.1) is 12.8 Å². The van der Waals surface area contributed by atoms with Gasteiger partial charge in [0.15, 0.2) is 5.78 Å². The molecule has 0 radical (unpaired) electrons. The zero-order chi connectivity index (χ0) is 19.5. The maximum atomic E-state index is 12.3. The van der Waals surface area contributed by atoms with Crippen LogP contribution in [0.5, 0.6) is 0 Å². The highest BCUT2D eigenvalue weighted by atomic mass is 16.4. The van der Waals surface area contributed by atoms with Crippen LogP contribution < -0.4 is 0 Å². The number of Topliss-reactive ketones (excluding diaryl/α,β-unsaturated/α-hetero) is 1. The van der Waals surface area contributed by atoms with E-state index in [9.17, 15) is 14.4 Å². The first-order chi connectivity index (χ1) is 12.3. The molecule has 26 heavy (non-hydrogen) atoms. The fourth-order valence-corrected chi connectivity index (χ4v) is 2.83. The Kier molecular flexibility index (Phi) is 9.58. The predicted octanol–water partition coefficient (Wildman–Crippen LogP) is 3.24. The molecule has 0 aromatic heterocycles. The Morgan fingerprint density at radius 3 is 1.92 bits per heavy atom. The first-order valence-electron chi connectivity index (χ1n) is 9.06. The van der Waals surface area contributed by atoms with Crippen molar-refractivity contribution < 1.29 is 24.6 Å². The average molecular weight is 363 g/mol. The molecule has 2 N–H and O–H groups in total. The Balaban J connectivity index is 0.000000359. The third-order valence-corrected chi connectivity index (χ3v) is 4.32. The van der Waals surface area contributed by atoms with Crippen LogP contribution in [0.25, 0.3) is 0 Å². The number of ketones is 1. The van der Waals surface area contributed by atoms with Gasteiger partial charge in [0.1, 0.15) is 0 Å². The summed E-state index contributed by atoms with van der Waals surface area (Å²) in [6.07, 6.45) is 3.32. The monoisotopic (exact) mass is 363 g/mol. The quantitative estimate of drug-likeness (QED) is 0.722. The summed E-state index contributed by atoms with van der Waals surface area (Å²) in [5, 5.41) is 15.8. The number of aryl methyl sites for hydroxylation is 1. The van der Waals surface area contributed by atoms with Crippen LogP contribution in [0.2, 0.25) is 0 Å². The number of hydrogen-bond donors (Lipinski definition) is 2. The zero-order valence-corrected chi connectivity index (χ0v) is 15.6. The lowest BCUT2D eigenvalue weighted by molar-refractivity contribution is -0.143. The van der Waals surface area contributed by atoms with Gasteiger partial charge in [0.2, 0.25) is 0 Å². The van der Waals surface area contributed by atoms with Crippen molar-refractivity contribution in [3.63, 3.8) is 0 Å². The second-order valence-electron chi connectivity index (χ2n) is 6.78. The number of benzene rings is 1. The van der Waals surface area contributed by atoms with Crippen LogP contribution in [0.1, 0.15) is 54.9 Å². The molecule has 0 spiro atoms. The van der Waals surface area contributed by atoms with Crippen LogP contribution in [0.4, 0.5) is 0 Å². The number of carbonyl (C=O) groups excluding carboxylic acids is 1. The topological polar surface area (TPSA) is 94.9 Å². The van der Waals surface area contributed by atoms with E-state index in [1.165, 1.54) is 24.8 Å². The summed E-state index contributed by atoms with van der Waals surface area (Å²) in [7, 11) is 0. The summed E-state index contributed by atoms with van der Waals surface area (Å²) in [4.78, 5) is 34.0. The first-order valence-corrected chi connectivity index (χ1v) is 9.06. The summed E-state index contributed by atoms with van der Waals surface area (Å²) in [6.45, 7) is 7.33. The number of nitrogens with zero attached hydrogens (tertiary/aromatic N) is 1. The van der Waals surface area contributed by atoms with Crippen molar-refractivity contribution in [1.82, 2.24) is 4.90 Å². The Bertz CT molecular complexity index is 577. The number of hydrogen-bond acceptors (Lipinski definition) is 4. The number of likely N-dealkylation sites (tertiary alicyclic amines) is 1. The van der Waals surface area contributed by atoms with Gasteiger partial charge in [-0.2, -0.15) is 0 Å². The second kappa shape index (κ2) is 11.4. The summed E-state index contributed by atoms with van der Waals surface area (Å²) < 4.78 is 0. The van der Waals surface area contributed by atoms with Gasteiger partial charge in [-0.05, 0) is 32.9 Å². The van der Waals surface area contributed by atoms with Gasteiger partial charge < -0.3 is 15.1 Å². The van der Waals surface area contributed by atoms with Gasteiger partial charge in [0.25, 0.3) is 0 Å². The molecule has 0 bridgehead atoms. The second-order valence-corrected chi connectivity index (χ2v) is 6.78. The molecule has 6 nitrogen and oxygen atoms in total. The van der Waals surface area contributed by atoms with Crippen LogP contribution in [-0.4, -0.2) is 52.5 Å². The molecular weight excluding hydrogens is 334 g/mol. The van der Waals surface area contributed by atoms with E-state index in [2.05, 4.69) is 11.8 Å². The van der Waals surface area contributed by atoms with E-state index < -0.39 is 11.9 Å².